The number of allylic oxidation sites excluding steroid dienone is 1. The lowest BCUT2D eigenvalue weighted by Gasteiger charge is -2.19. The Kier molecular flexibility index (Phi) is 4.53. The predicted molar refractivity (Wildman–Crippen MR) is 103 cm³/mol. The molecule has 0 amide bonds. The summed E-state index contributed by atoms with van der Waals surface area (Å²) >= 11 is 8.18. The van der Waals surface area contributed by atoms with Gasteiger partial charge in [0.1, 0.15) is 0 Å². The number of hydrogen-bond donors (Lipinski definition) is 0. The Morgan fingerprint density at radius 3 is 2.73 bits per heavy atom. The van der Waals surface area contributed by atoms with Crippen molar-refractivity contribution in [2.45, 2.75) is 13.3 Å². The smallest absolute Gasteiger partial charge is 0.168 e. The number of fused-ring (bicyclic) bond motifs is 2. The van der Waals surface area contributed by atoms with E-state index in [-0.39, 0.29) is 17.0 Å². The van der Waals surface area contributed by atoms with Gasteiger partial charge in [-0.3, -0.25) is 4.99 Å². The molecule has 0 atom stereocenters. The second-order valence-electron chi connectivity index (χ2n) is 5.18. The maximum absolute atomic E-state index is 6.36. The van der Waals surface area contributed by atoms with Crippen molar-refractivity contribution in [3.8, 4) is 0 Å². The third-order valence-corrected chi connectivity index (χ3v) is 5.59. The molecule has 0 saturated carbocycles. The van der Waals surface area contributed by atoms with Gasteiger partial charge < -0.3 is 4.90 Å². The number of aliphatic imine (C=N–C) groups is 1. The number of amidine groups is 1. The molecular weight excluding hydrogens is 380 g/mol. The van der Waals surface area contributed by atoms with Crippen LogP contribution in [-0.2, 0) is 0 Å². The van der Waals surface area contributed by atoms with Crippen molar-refractivity contribution in [3.05, 3.63) is 51.9 Å². The van der Waals surface area contributed by atoms with Gasteiger partial charge >= 0.3 is 0 Å². The van der Waals surface area contributed by atoms with Crippen LogP contribution in [0.4, 0.5) is 0 Å². The monoisotopic (exact) mass is 394 g/mol. The Bertz CT molecular complexity index is 800. The Balaban J connectivity index is 0.00000144. The molecule has 5 heteroatoms. The highest BCUT2D eigenvalue weighted by Gasteiger charge is 2.32. The SMILES string of the molecule is Br.CCC1=C(c2ccc(Cl)c3ccccc23)N2CCN=C2S1. The predicted octanol–water partition coefficient (Wildman–Crippen LogP) is 5.57. The molecule has 0 fully saturated rings. The summed E-state index contributed by atoms with van der Waals surface area (Å²) in [4.78, 5) is 8.37. The maximum Gasteiger partial charge on any atom is 0.168 e. The van der Waals surface area contributed by atoms with Crippen LogP contribution < -0.4 is 0 Å². The van der Waals surface area contributed by atoms with E-state index in [0.29, 0.717) is 0 Å². The standard InChI is InChI=1S/C17H15ClN2S.BrH/c1-2-15-16(20-10-9-19-17(20)21-15)13-7-8-14(18)12-6-4-3-5-11(12)13;/h3-8H,2,9-10H2,1H3;1H. The summed E-state index contributed by atoms with van der Waals surface area (Å²) in [5, 5.41) is 4.31. The first-order chi connectivity index (χ1) is 10.3. The average molecular weight is 396 g/mol. The van der Waals surface area contributed by atoms with Crippen LogP contribution in [0.5, 0.6) is 0 Å². The number of nitrogens with zero attached hydrogens (tertiary/aromatic N) is 2. The van der Waals surface area contributed by atoms with E-state index in [0.717, 1.165) is 35.1 Å². The molecule has 4 rings (SSSR count). The van der Waals surface area contributed by atoms with Gasteiger partial charge in [0.15, 0.2) is 5.17 Å². The van der Waals surface area contributed by atoms with Crippen molar-refractivity contribution in [3.63, 3.8) is 0 Å². The van der Waals surface area contributed by atoms with Gasteiger partial charge in [0, 0.05) is 27.4 Å². The molecular formula is C17H16BrClN2S. The average Bonchev–Trinajstić information content (AvgIpc) is 3.09. The van der Waals surface area contributed by atoms with Crippen molar-refractivity contribution in [1.82, 2.24) is 4.90 Å². The summed E-state index contributed by atoms with van der Waals surface area (Å²) in [6.45, 7) is 4.09. The first-order valence-corrected chi connectivity index (χ1v) is 8.39. The molecule has 0 unspecified atom stereocenters. The molecule has 0 radical (unpaired) electrons. The van der Waals surface area contributed by atoms with Crippen LogP contribution >= 0.6 is 40.3 Å². The fourth-order valence-electron chi connectivity index (χ4n) is 3.03. The van der Waals surface area contributed by atoms with Gasteiger partial charge in [0.25, 0.3) is 0 Å². The lowest BCUT2D eigenvalue weighted by Crippen LogP contribution is -2.20. The van der Waals surface area contributed by atoms with Crippen molar-refractivity contribution in [2.24, 2.45) is 4.99 Å². The number of benzene rings is 2. The Morgan fingerprint density at radius 2 is 1.95 bits per heavy atom. The molecule has 0 N–H and O–H groups in total. The van der Waals surface area contributed by atoms with Crippen molar-refractivity contribution in [2.75, 3.05) is 13.1 Å². The maximum atomic E-state index is 6.36. The quantitative estimate of drug-likeness (QED) is 0.660. The van der Waals surface area contributed by atoms with Crippen molar-refractivity contribution >= 4 is 62.0 Å². The Hall–Kier alpha value is -0.970. The fourth-order valence-corrected chi connectivity index (χ4v) is 4.39. The van der Waals surface area contributed by atoms with E-state index in [2.05, 4.69) is 41.1 Å². The van der Waals surface area contributed by atoms with Crippen LogP contribution in [0.1, 0.15) is 18.9 Å². The van der Waals surface area contributed by atoms with E-state index >= 15 is 0 Å². The van der Waals surface area contributed by atoms with Crippen LogP contribution in [-0.4, -0.2) is 23.2 Å². The number of halogens is 2. The largest absolute Gasteiger partial charge is 0.318 e. The molecule has 2 aliphatic rings. The highest BCUT2D eigenvalue weighted by Crippen LogP contribution is 2.45. The van der Waals surface area contributed by atoms with E-state index in [4.69, 9.17) is 11.6 Å². The van der Waals surface area contributed by atoms with E-state index in [9.17, 15) is 0 Å². The molecule has 0 spiro atoms. The fraction of sp³-hybridized carbons (Fsp3) is 0.235. The zero-order valence-electron chi connectivity index (χ0n) is 12.2. The van der Waals surface area contributed by atoms with E-state index < -0.39 is 0 Å². The lowest BCUT2D eigenvalue weighted by molar-refractivity contribution is 0.647. The minimum atomic E-state index is 0. The van der Waals surface area contributed by atoms with Crippen LogP contribution in [0.3, 0.4) is 0 Å². The molecule has 0 aliphatic carbocycles. The van der Waals surface area contributed by atoms with E-state index in [1.807, 2.05) is 23.9 Å². The normalized spacial score (nSPS) is 16.8. The first kappa shape index (κ1) is 15.9. The summed E-state index contributed by atoms with van der Waals surface area (Å²) in [6.07, 6.45) is 1.03. The molecule has 2 nitrogen and oxygen atoms in total. The van der Waals surface area contributed by atoms with Gasteiger partial charge in [-0.15, -0.1) is 17.0 Å². The van der Waals surface area contributed by atoms with Crippen LogP contribution in [0.2, 0.25) is 5.02 Å². The zero-order valence-corrected chi connectivity index (χ0v) is 15.5. The first-order valence-electron chi connectivity index (χ1n) is 7.20. The second kappa shape index (κ2) is 6.26. The van der Waals surface area contributed by atoms with E-state index in [1.54, 1.807) is 0 Å². The highest BCUT2D eigenvalue weighted by atomic mass is 79.9. The number of rotatable bonds is 2. The minimum absolute atomic E-state index is 0. The zero-order chi connectivity index (χ0) is 14.4. The van der Waals surface area contributed by atoms with Crippen LogP contribution in [0.25, 0.3) is 16.5 Å². The molecule has 2 aliphatic heterocycles. The molecule has 114 valence electrons. The molecule has 0 saturated heterocycles. The Morgan fingerprint density at radius 1 is 1.18 bits per heavy atom. The molecule has 2 heterocycles. The molecule has 2 aromatic rings. The van der Waals surface area contributed by atoms with Gasteiger partial charge in [-0.25, -0.2) is 0 Å². The summed E-state index contributed by atoms with van der Waals surface area (Å²) < 4.78 is 0. The summed E-state index contributed by atoms with van der Waals surface area (Å²) in [5.74, 6) is 0. The van der Waals surface area contributed by atoms with Gasteiger partial charge in [-0.05, 0) is 17.9 Å². The second-order valence-corrected chi connectivity index (χ2v) is 6.65. The molecule has 0 bridgehead atoms. The van der Waals surface area contributed by atoms with E-state index in [1.165, 1.54) is 21.6 Å². The summed E-state index contributed by atoms with van der Waals surface area (Å²) in [6, 6.07) is 12.5. The summed E-state index contributed by atoms with van der Waals surface area (Å²) in [5.41, 5.74) is 2.60. The molecule has 22 heavy (non-hydrogen) atoms. The van der Waals surface area contributed by atoms with Gasteiger partial charge in [-0.1, -0.05) is 60.6 Å². The third-order valence-electron chi connectivity index (χ3n) is 4.00. The number of thioether (sulfide) groups is 1. The Labute approximate surface area is 150 Å². The number of hydrogen-bond acceptors (Lipinski definition) is 3. The van der Waals surface area contributed by atoms with Crippen molar-refractivity contribution < 1.29 is 0 Å². The van der Waals surface area contributed by atoms with Crippen molar-refractivity contribution in [1.29, 1.82) is 0 Å². The molecule has 2 aromatic carbocycles. The minimum Gasteiger partial charge on any atom is -0.318 e. The van der Waals surface area contributed by atoms with Crippen LogP contribution in [0.15, 0.2) is 46.3 Å². The van der Waals surface area contributed by atoms with Crippen LogP contribution in [0, 0.1) is 0 Å². The topological polar surface area (TPSA) is 15.6 Å². The third kappa shape index (κ3) is 2.38. The lowest BCUT2D eigenvalue weighted by atomic mass is 10.0. The van der Waals surface area contributed by atoms with Gasteiger partial charge in [-0.2, -0.15) is 0 Å². The highest BCUT2D eigenvalue weighted by molar-refractivity contribution is 8.93. The molecule has 0 aromatic heterocycles. The van der Waals surface area contributed by atoms with Gasteiger partial charge in [0.05, 0.1) is 12.2 Å². The van der Waals surface area contributed by atoms with Gasteiger partial charge in [0.2, 0.25) is 0 Å². The summed E-state index contributed by atoms with van der Waals surface area (Å²) in [7, 11) is 0.